The lowest BCUT2D eigenvalue weighted by atomic mass is 10.0. The number of sulfonamides is 2. The highest BCUT2D eigenvalue weighted by Crippen LogP contribution is 2.39. The molecule has 264 valence electrons. The van der Waals surface area contributed by atoms with Crippen molar-refractivity contribution in [2.75, 3.05) is 30.3 Å². The van der Waals surface area contributed by atoms with Crippen LogP contribution in [-0.2, 0) is 20.0 Å². The van der Waals surface area contributed by atoms with Gasteiger partial charge in [-0.2, -0.15) is 20.2 Å². The molecule has 0 unspecified atom stereocenters. The average Bonchev–Trinajstić information content (AvgIpc) is 3.13. The van der Waals surface area contributed by atoms with Gasteiger partial charge in [-0.1, -0.05) is 66.2 Å². The summed E-state index contributed by atoms with van der Waals surface area (Å²) in [6, 6.07) is 27.6. The van der Waals surface area contributed by atoms with Crippen LogP contribution in [0.25, 0.3) is 11.1 Å². The normalized spacial score (nSPS) is 12.4. The van der Waals surface area contributed by atoms with Gasteiger partial charge in [0.25, 0.3) is 0 Å². The van der Waals surface area contributed by atoms with Crippen LogP contribution in [0.1, 0.15) is 30.5 Å². The van der Waals surface area contributed by atoms with Crippen molar-refractivity contribution in [1.82, 2.24) is 19.4 Å². The fourth-order valence-corrected chi connectivity index (χ4v) is 6.59. The molecule has 0 fully saturated rings. The largest absolute Gasteiger partial charge is 0.324 e. The van der Waals surface area contributed by atoms with Gasteiger partial charge in [0.15, 0.2) is 11.6 Å². The molecule has 0 radical (unpaired) electrons. The van der Waals surface area contributed by atoms with E-state index >= 15 is 0 Å². The molecule has 0 bridgehead atoms. The van der Waals surface area contributed by atoms with E-state index in [0.29, 0.717) is 50.3 Å². The second kappa shape index (κ2) is 15.8. The minimum atomic E-state index is -3.60. The van der Waals surface area contributed by atoms with Gasteiger partial charge < -0.3 is 5.32 Å². The van der Waals surface area contributed by atoms with Crippen molar-refractivity contribution in [1.29, 1.82) is 0 Å². The standard InChI is InChI=1S/C35H36ClN9O4S2/c1-22-11-20-30(31(36)21-22)32-33(44-42-23(2)25-12-16-28(17-13-25)50(46,47)37-4)40-35(39-27-9-7-6-8-10-27)41-34(32)45-43-24(3)26-14-18-29(19-15-26)51(48,49)38-5/h6-21,37-38H,1-5H3,(H3,39,40,41,44,45). The maximum atomic E-state index is 12.2. The second-order valence-electron chi connectivity index (χ2n) is 11.2. The summed E-state index contributed by atoms with van der Waals surface area (Å²) in [4.78, 5) is 9.82. The number of nitrogens with one attached hydrogen (secondary N) is 5. The zero-order chi connectivity index (χ0) is 36.8. The minimum Gasteiger partial charge on any atom is -0.324 e. The molecule has 0 aliphatic rings. The smallest absolute Gasteiger partial charge is 0.240 e. The van der Waals surface area contributed by atoms with E-state index in [2.05, 4.69) is 35.8 Å². The van der Waals surface area contributed by atoms with Crippen LogP contribution in [0.5, 0.6) is 0 Å². The number of hydrogen-bond donors (Lipinski definition) is 5. The first kappa shape index (κ1) is 37.1. The van der Waals surface area contributed by atoms with Gasteiger partial charge in [-0.25, -0.2) is 26.3 Å². The summed E-state index contributed by atoms with van der Waals surface area (Å²) in [6.07, 6.45) is 0. The third kappa shape index (κ3) is 8.95. The highest BCUT2D eigenvalue weighted by molar-refractivity contribution is 7.89. The Morgan fingerprint density at radius 2 is 1.14 bits per heavy atom. The predicted octanol–water partition coefficient (Wildman–Crippen LogP) is 6.34. The molecular weight excluding hydrogens is 710 g/mol. The fraction of sp³-hybridized carbons (Fsp3) is 0.143. The monoisotopic (exact) mass is 745 g/mol. The summed E-state index contributed by atoms with van der Waals surface area (Å²) in [5, 5.41) is 12.9. The van der Waals surface area contributed by atoms with Crippen molar-refractivity contribution in [3.05, 3.63) is 119 Å². The van der Waals surface area contributed by atoms with Crippen molar-refractivity contribution < 1.29 is 16.8 Å². The molecule has 4 aromatic carbocycles. The minimum absolute atomic E-state index is 0.128. The zero-order valence-electron chi connectivity index (χ0n) is 28.4. The van der Waals surface area contributed by atoms with Gasteiger partial charge in [-0.05, 0) is 94.0 Å². The van der Waals surface area contributed by atoms with Gasteiger partial charge in [0.2, 0.25) is 26.0 Å². The molecule has 0 saturated carbocycles. The van der Waals surface area contributed by atoms with Gasteiger partial charge in [0.1, 0.15) is 0 Å². The van der Waals surface area contributed by atoms with Crippen molar-refractivity contribution in [3.63, 3.8) is 0 Å². The van der Waals surface area contributed by atoms with Crippen molar-refractivity contribution >= 4 is 66.3 Å². The summed E-state index contributed by atoms with van der Waals surface area (Å²) in [5.41, 5.74) is 11.4. The van der Waals surface area contributed by atoms with Crippen molar-refractivity contribution in [3.8, 4) is 11.1 Å². The van der Waals surface area contributed by atoms with Gasteiger partial charge in [0, 0.05) is 16.3 Å². The number of rotatable bonds is 13. The number of para-hydroxylation sites is 1. The number of aromatic nitrogens is 2. The van der Waals surface area contributed by atoms with Gasteiger partial charge in [0.05, 0.1) is 26.8 Å². The third-order valence-electron chi connectivity index (χ3n) is 7.69. The second-order valence-corrected chi connectivity index (χ2v) is 15.4. The van der Waals surface area contributed by atoms with Crippen LogP contribution >= 0.6 is 11.6 Å². The number of anilines is 4. The first-order valence-corrected chi connectivity index (χ1v) is 18.8. The van der Waals surface area contributed by atoms with Crippen LogP contribution in [0.2, 0.25) is 5.02 Å². The van der Waals surface area contributed by atoms with E-state index in [1.54, 1.807) is 38.1 Å². The molecule has 0 atom stereocenters. The van der Waals surface area contributed by atoms with Crippen LogP contribution in [0, 0.1) is 6.92 Å². The highest BCUT2D eigenvalue weighted by Gasteiger charge is 2.20. The summed E-state index contributed by atoms with van der Waals surface area (Å²) < 4.78 is 53.5. The molecule has 0 saturated heterocycles. The van der Waals surface area contributed by atoms with Crippen molar-refractivity contribution in [2.24, 2.45) is 10.2 Å². The Labute approximate surface area is 302 Å². The molecule has 51 heavy (non-hydrogen) atoms. The Morgan fingerprint density at radius 3 is 1.57 bits per heavy atom. The number of hydrogen-bond acceptors (Lipinski definition) is 11. The number of nitrogens with zero attached hydrogens (tertiary/aromatic N) is 4. The van der Waals surface area contributed by atoms with E-state index in [0.717, 1.165) is 11.3 Å². The molecule has 5 rings (SSSR count). The fourth-order valence-electron chi connectivity index (χ4n) is 4.80. The van der Waals surface area contributed by atoms with Crippen LogP contribution in [0.15, 0.2) is 117 Å². The zero-order valence-corrected chi connectivity index (χ0v) is 30.7. The molecule has 0 spiro atoms. The summed E-state index contributed by atoms with van der Waals surface area (Å²) >= 11 is 6.82. The number of halogens is 1. The quantitative estimate of drug-likeness (QED) is 0.0680. The van der Waals surface area contributed by atoms with Gasteiger partial charge >= 0.3 is 0 Å². The van der Waals surface area contributed by atoms with Gasteiger partial charge in [-0.15, -0.1) is 0 Å². The van der Waals surface area contributed by atoms with Crippen LogP contribution < -0.4 is 25.6 Å². The van der Waals surface area contributed by atoms with Crippen LogP contribution in [0.4, 0.5) is 23.3 Å². The topological polar surface area (TPSA) is 179 Å². The Hall–Kier alpha value is -5.19. The Balaban J connectivity index is 1.60. The Morgan fingerprint density at radius 1 is 0.667 bits per heavy atom. The molecule has 0 aliphatic carbocycles. The van der Waals surface area contributed by atoms with E-state index in [1.807, 2.05) is 55.5 Å². The van der Waals surface area contributed by atoms with Crippen LogP contribution in [-0.4, -0.2) is 52.3 Å². The third-order valence-corrected chi connectivity index (χ3v) is 10.9. The molecule has 0 aliphatic heterocycles. The van der Waals surface area contributed by atoms with Crippen molar-refractivity contribution in [2.45, 2.75) is 30.6 Å². The summed E-state index contributed by atoms with van der Waals surface area (Å²) in [7, 11) is -4.49. The Bertz CT molecular complexity index is 2200. The van der Waals surface area contributed by atoms with E-state index in [9.17, 15) is 16.8 Å². The van der Waals surface area contributed by atoms with E-state index in [-0.39, 0.29) is 15.7 Å². The molecule has 1 aromatic heterocycles. The van der Waals surface area contributed by atoms with Crippen LogP contribution in [0.3, 0.4) is 0 Å². The highest BCUT2D eigenvalue weighted by atomic mass is 35.5. The molecule has 13 nitrogen and oxygen atoms in total. The number of hydrazone groups is 2. The Kier molecular flexibility index (Phi) is 11.5. The van der Waals surface area contributed by atoms with E-state index in [1.165, 1.54) is 38.4 Å². The lowest BCUT2D eigenvalue weighted by molar-refractivity contribution is 0.586. The number of benzene rings is 4. The molecule has 0 amide bonds. The van der Waals surface area contributed by atoms with E-state index in [4.69, 9.17) is 21.6 Å². The first-order valence-electron chi connectivity index (χ1n) is 15.5. The molecule has 5 aromatic rings. The maximum Gasteiger partial charge on any atom is 0.240 e. The molecular formula is C35H36ClN9O4S2. The summed E-state index contributed by atoms with van der Waals surface area (Å²) in [6.45, 7) is 5.48. The first-order chi connectivity index (χ1) is 24.3. The molecule has 16 heteroatoms. The molecule has 1 heterocycles. The number of aryl methyl sites for hydroxylation is 1. The SMILES string of the molecule is CNS(=O)(=O)c1ccc(C(C)=NNc2nc(Nc3ccccc3)nc(NN=C(C)c3ccc(S(=O)(=O)NC)cc3)c2-c2ccc(C)cc2Cl)cc1. The average molecular weight is 746 g/mol. The predicted molar refractivity (Wildman–Crippen MR) is 204 cm³/mol. The summed E-state index contributed by atoms with van der Waals surface area (Å²) in [5.74, 6) is 0.807. The van der Waals surface area contributed by atoms with Gasteiger partial charge in [-0.3, -0.25) is 10.9 Å². The lowest BCUT2D eigenvalue weighted by Gasteiger charge is -2.17. The van der Waals surface area contributed by atoms with E-state index < -0.39 is 20.0 Å². The molecule has 5 N–H and O–H groups in total. The lowest BCUT2D eigenvalue weighted by Crippen LogP contribution is -2.18. The maximum absolute atomic E-state index is 12.2.